The number of nitrogens with zero attached hydrogens (tertiary/aromatic N) is 1. The van der Waals surface area contributed by atoms with Gasteiger partial charge in [-0.05, 0) is 32.9 Å². The second kappa shape index (κ2) is 6.14. The molecule has 1 rings (SSSR count). The van der Waals surface area contributed by atoms with Crippen molar-refractivity contribution in [1.82, 2.24) is 5.32 Å². The molecule has 0 heterocycles. The topological polar surface area (TPSA) is 110 Å². The molecule has 0 fully saturated rings. The third-order valence-corrected chi connectivity index (χ3v) is 3.15. The summed E-state index contributed by atoms with van der Waals surface area (Å²) in [4.78, 5) is 32.9. The van der Waals surface area contributed by atoms with E-state index in [4.69, 9.17) is 5.11 Å². The van der Waals surface area contributed by atoms with Crippen molar-refractivity contribution in [2.75, 3.05) is 0 Å². The van der Waals surface area contributed by atoms with Crippen LogP contribution < -0.4 is 5.32 Å². The first-order valence-corrected chi connectivity index (χ1v) is 6.02. The first-order valence-electron chi connectivity index (χ1n) is 6.02. The highest BCUT2D eigenvalue weighted by Gasteiger charge is 2.22. The number of aliphatic carboxylic acids is 1. The van der Waals surface area contributed by atoms with Gasteiger partial charge in [-0.3, -0.25) is 19.7 Å². The van der Waals surface area contributed by atoms with Crippen molar-refractivity contribution in [3.63, 3.8) is 0 Å². The van der Waals surface area contributed by atoms with Crippen LogP contribution in [0.2, 0.25) is 0 Å². The molecule has 0 aliphatic carbocycles. The number of rotatable bonds is 5. The molecule has 0 aliphatic rings. The fourth-order valence-electron chi connectivity index (χ4n) is 1.63. The number of hydrogen-bond donors (Lipinski definition) is 2. The van der Waals surface area contributed by atoms with E-state index in [-0.39, 0.29) is 11.3 Å². The molecule has 0 aliphatic heterocycles. The van der Waals surface area contributed by atoms with E-state index in [1.165, 1.54) is 32.0 Å². The molecule has 0 saturated carbocycles. The van der Waals surface area contributed by atoms with Crippen molar-refractivity contribution in [2.45, 2.75) is 26.8 Å². The summed E-state index contributed by atoms with van der Waals surface area (Å²) in [6, 6.07) is 3.47. The van der Waals surface area contributed by atoms with Crippen LogP contribution in [0.1, 0.15) is 29.8 Å². The summed E-state index contributed by atoms with van der Waals surface area (Å²) in [6.07, 6.45) is 0. The van der Waals surface area contributed by atoms with Crippen molar-refractivity contribution in [3.05, 3.63) is 39.4 Å². The summed E-state index contributed by atoms with van der Waals surface area (Å²) >= 11 is 0. The Labute approximate surface area is 115 Å². The standard InChI is InChI=1S/C13H16N2O5/c1-7-6-10(4-5-11(7)15(19)20)12(16)14-9(3)8(2)13(17)18/h4-6,8-9H,1-3H3,(H,14,16)(H,17,18). The fraction of sp³-hybridized carbons (Fsp3) is 0.385. The Hall–Kier alpha value is -2.44. The van der Waals surface area contributed by atoms with Gasteiger partial charge in [0.2, 0.25) is 0 Å². The van der Waals surface area contributed by atoms with Crippen LogP contribution in [0.3, 0.4) is 0 Å². The number of nitro groups is 1. The predicted octanol–water partition coefficient (Wildman–Crippen LogP) is 1.74. The van der Waals surface area contributed by atoms with Crippen LogP contribution in [-0.4, -0.2) is 27.9 Å². The molecule has 0 spiro atoms. The van der Waals surface area contributed by atoms with E-state index in [9.17, 15) is 19.7 Å². The zero-order valence-corrected chi connectivity index (χ0v) is 11.4. The number of aryl methyl sites for hydroxylation is 1. The highest BCUT2D eigenvalue weighted by atomic mass is 16.6. The average molecular weight is 280 g/mol. The quantitative estimate of drug-likeness (QED) is 0.630. The number of hydrogen-bond acceptors (Lipinski definition) is 4. The van der Waals surface area contributed by atoms with Crippen LogP contribution in [0.4, 0.5) is 5.69 Å². The summed E-state index contributed by atoms with van der Waals surface area (Å²) in [5.41, 5.74) is 0.577. The maximum atomic E-state index is 11.9. The first kappa shape index (κ1) is 15.6. The van der Waals surface area contributed by atoms with Crippen molar-refractivity contribution < 1.29 is 19.6 Å². The molecular weight excluding hydrogens is 264 g/mol. The van der Waals surface area contributed by atoms with Crippen LogP contribution in [0, 0.1) is 23.0 Å². The Morgan fingerprint density at radius 3 is 2.40 bits per heavy atom. The Morgan fingerprint density at radius 1 is 1.35 bits per heavy atom. The maximum absolute atomic E-state index is 11.9. The first-order chi connectivity index (χ1) is 9.23. The Morgan fingerprint density at radius 2 is 1.95 bits per heavy atom. The number of carboxylic acid groups (broad SMARTS) is 1. The highest BCUT2D eigenvalue weighted by molar-refractivity contribution is 5.95. The highest BCUT2D eigenvalue weighted by Crippen LogP contribution is 2.19. The molecule has 0 saturated heterocycles. The van der Waals surface area contributed by atoms with Crippen LogP contribution >= 0.6 is 0 Å². The minimum absolute atomic E-state index is 0.0616. The number of amides is 1. The zero-order chi connectivity index (χ0) is 15.4. The second-order valence-corrected chi connectivity index (χ2v) is 4.65. The summed E-state index contributed by atoms with van der Waals surface area (Å²) in [5.74, 6) is -2.18. The SMILES string of the molecule is Cc1cc(C(=O)NC(C)C(C)C(=O)O)ccc1[N+](=O)[O-]. The van der Waals surface area contributed by atoms with Gasteiger partial charge in [-0.25, -0.2) is 0 Å². The molecule has 1 aromatic carbocycles. The van der Waals surface area contributed by atoms with Gasteiger partial charge in [0.1, 0.15) is 0 Å². The second-order valence-electron chi connectivity index (χ2n) is 4.65. The van der Waals surface area contributed by atoms with Gasteiger partial charge in [-0.2, -0.15) is 0 Å². The van der Waals surface area contributed by atoms with Gasteiger partial charge < -0.3 is 10.4 Å². The van der Waals surface area contributed by atoms with E-state index in [1.54, 1.807) is 6.92 Å². The number of carboxylic acids is 1. The zero-order valence-electron chi connectivity index (χ0n) is 11.4. The van der Waals surface area contributed by atoms with Gasteiger partial charge in [0.15, 0.2) is 0 Å². The molecule has 7 nitrogen and oxygen atoms in total. The van der Waals surface area contributed by atoms with Gasteiger partial charge >= 0.3 is 5.97 Å². The molecule has 0 radical (unpaired) electrons. The number of nitrogens with one attached hydrogen (secondary N) is 1. The lowest BCUT2D eigenvalue weighted by Gasteiger charge is -2.17. The predicted molar refractivity (Wildman–Crippen MR) is 71.6 cm³/mol. The molecule has 1 amide bonds. The Bertz CT molecular complexity index is 556. The van der Waals surface area contributed by atoms with E-state index < -0.39 is 28.8 Å². The third-order valence-electron chi connectivity index (χ3n) is 3.15. The molecule has 1 aromatic rings. The van der Waals surface area contributed by atoms with Crippen molar-refractivity contribution >= 4 is 17.6 Å². The number of nitro benzene ring substituents is 1. The molecule has 2 atom stereocenters. The van der Waals surface area contributed by atoms with Gasteiger partial charge in [-0.1, -0.05) is 0 Å². The summed E-state index contributed by atoms with van der Waals surface area (Å²) in [5, 5.41) is 22.1. The fourth-order valence-corrected chi connectivity index (χ4v) is 1.63. The third kappa shape index (κ3) is 3.53. The molecule has 0 bridgehead atoms. The average Bonchev–Trinajstić information content (AvgIpc) is 2.36. The lowest BCUT2D eigenvalue weighted by molar-refractivity contribution is -0.385. The molecule has 2 N–H and O–H groups in total. The van der Waals surface area contributed by atoms with Gasteiger partial charge in [0.25, 0.3) is 11.6 Å². The van der Waals surface area contributed by atoms with Gasteiger partial charge in [0, 0.05) is 23.2 Å². The Kier molecular flexibility index (Phi) is 4.79. The number of carbonyl (C=O) groups excluding carboxylic acids is 1. The molecule has 20 heavy (non-hydrogen) atoms. The summed E-state index contributed by atoms with van der Waals surface area (Å²) < 4.78 is 0. The van der Waals surface area contributed by atoms with Gasteiger partial charge in [-0.15, -0.1) is 0 Å². The minimum atomic E-state index is -1.00. The smallest absolute Gasteiger partial charge is 0.308 e. The van der Waals surface area contributed by atoms with E-state index in [1.807, 2.05) is 0 Å². The lowest BCUT2D eigenvalue weighted by atomic mass is 10.0. The maximum Gasteiger partial charge on any atom is 0.308 e. The van der Waals surface area contributed by atoms with E-state index >= 15 is 0 Å². The van der Waals surface area contributed by atoms with Crippen molar-refractivity contribution in [2.24, 2.45) is 5.92 Å². The molecule has 2 unspecified atom stereocenters. The van der Waals surface area contributed by atoms with Crippen LogP contribution in [0.5, 0.6) is 0 Å². The van der Waals surface area contributed by atoms with E-state index in [0.29, 0.717) is 5.56 Å². The largest absolute Gasteiger partial charge is 0.481 e. The van der Waals surface area contributed by atoms with Crippen LogP contribution in [0.25, 0.3) is 0 Å². The number of benzene rings is 1. The van der Waals surface area contributed by atoms with E-state index in [0.717, 1.165) is 0 Å². The Balaban J connectivity index is 2.86. The normalized spacial score (nSPS) is 13.3. The number of carbonyl (C=O) groups is 2. The minimum Gasteiger partial charge on any atom is -0.481 e. The molecular formula is C13H16N2O5. The van der Waals surface area contributed by atoms with Crippen molar-refractivity contribution in [3.8, 4) is 0 Å². The van der Waals surface area contributed by atoms with Crippen LogP contribution in [0.15, 0.2) is 18.2 Å². The molecule has 108 valence electrons. The molecule has 7 heteroatoms. The monoisotopic (exact) mass is 280 g/mol. The summed E-state index contributed by atoms with van der Waals surface area (Å²) in [7, 11) is 0. The van der Waals surface area contributed by atoms with Crippen molar-refractivity contribution in [1.29, 1.82) is 0 Å². The van der Waals surface area contributed by atoms with Crippen LogP contribution in [-0.2, 0) is 4.79 Å². The van der Waals surface area contributed by atoms with Gasteiger partial charge in [0.05, 0.1) is 10.8 Å². The van der Waals surface area contributed by atoms with E-state index in [2.05, 4.69) is 5.32 Å². The summed E-state index contributed by atoms with van der Waals surface area (Å²) in [6.45, 7) is 4.63. The lowest BCUT2D eigenvalue weighted by Crippen LogP contribution is -2.40. The molecule has 0 aromatic heterocycles.